The van der Waals surface area contributed by atoms with Crippen LogP contribution in [0.3, 0.4) is 0 Å². The van der Waals surface area contributed by atoms with E-state index in [-0.39, 0.29) is 6.03 Å². The molecule has 2 aliphatic heterocycles. The van der Waals surface area contributed by atoms with Gasteiger partial charge >= 0.3 is 6.03 Å². The zero-order valence-corrected chi connectivity index (χ0v) is 12.9. The maximum Gasteiger partial charge on any atom is 0.317 e. The summed E-state index contributed by atoms with van der Waals surface area (Å²) < 4.78 is 5.11. The van der Waals surface area contributed by atoms with Crippen molar-refractivity contribution in [1.82, 2.24) is 15.1 Å². The van der Waals surface area contributed by atoms with Gasteiger partial charge in [0, 0.05) is 39.8 Å². The average molecular weight is 283 g/mol. The Morgan fingerprint density at radius 3 is 2.70 bits per heavy atom. The molecule has 5 nitrogen and oxygen atoms in total. The van der Waals surface area contributed by atoms with Crippen molar-refractivity contribution >= 4 is 6.03 Å². The summed E-state index contributed by atoms with van der Waals surface area (Å²) in [7, 11) is 1.74. The average Bonchev–Trinajstić information content (AvgIpc) is 2.91. The van der Waals surface area contributed by atoms with Crippen LogP contribution in [0.2, 0.25) is 0 Å². The van der Waals surface area contributed by atoms with Crippen molar-refractivity contribution in [2.24, 2.45) is 11.8 Å². The zero-order chi connectivity index (χ0) is 14.4. The highest BCUT2D eigenvalue weighted by Crippen LogP contribution is 2.17. The van der Waals surface area contributed by atoms with Gasteiger partial charge in [-0.3, -0.25) is 0 Å². The summed E-state index contributed by atoms with van der Waals surface area (Å²) in [6.07, 6.45) is 3.46. The van der Waals surface area contributed by atoms with Crippen LogP contribution in [0.4, 0.5) is 4.79 Å². The molecule has 0 aromatic rings. The third-order valence-electron chi connectivity index (χ3n) is 4.59. The molecular formula is C15H29N3O2. The lowest BCUT2D eigenvalue weighted by Crippen LogP contribution is -2.45. The second-order valence-corrected chi connectivity index (χ2v) is 6.30. The summed E-state index contributed by atoms with van der Waals surface area (Å²) in [6, 6.07) is 0.132. The molecule has 0 aromatic carbocycles. The number of nitrogens with zero attached hydrogens (tertiary/aromatic N) is 2. The number of rotatable bonds is 5. The van der Waals surface area contributed by atoms with Crippen molar-refractivity contribution in [3.63, 3.8) is 0 Å². The molecule has 2 saturated heterocycles. The Morgan fingerprint density at radius 2 is 2.00 bits per heavy atom. The number of piperidine rings is 1. The Labute approximate surface area is 122 Å². The third kappa shape index (κ3) is 4.63. The molecule has 0 radical (unpaired) electrons. The minimum Gasteiger partial charge on any atom is -0.383 e. The fourth-order valence-electron chi connectivity index (χ4n) is 3.06. The van der Waals surface area contributed by atoms with E-state index in [2.05, 4.69) is 17.1 Å². The van der Waals surface area contributed by atoms with E-state index in [4.69, 9.17) is 4.74 Å². The quantitative estimate of drug-likeness (QED) is 0.829. The van der Waals surface area contributed by atoms with Gasteiger partial charge in [-0.2, -0.15) is 0 Å². The zero-order valence-electron chi connectivity index (χ0n) is 12.9. The molecule has 0 spiro atoms. The molecule has 2 rings (SSSR count). The number of methoxy groups -OCH3 is 1. The summed E-state index contributed by atoms with van der Waals surface area (Å²) in [5.74, 6) is 1.36. The molecule has 20 heavy (non-hydrogen) atoms. The Bertz CT molecular complexity index is 303. The van der Waals surface area contributed by atoms with Crippen molar-refractivity contribution in [3.05, 3.63) is 0 Å². The van der Waals surface area contributed by atoms with Crippen molar-refractivity contribution in [2.45, 2.75) is 26.2 Å². The second kappa shape index (κ2) is 7.84. The smallest absolute Gasteiger partial charge is 0.317 e. The number of hydrogen-bond donors (Lipinski definition) is 1. The maximum atomic E-state index is 12.1. The minimum absolute atomic E-state index is 0.132. The molecule has 2 fully saturated rings. The van der Waals surface area contributed by atoms with E-state index in [0.717, 1.165) is 64.6 Å². The van der Waals surface area contributed by atoms with Gasteiger partial charge in [-0.05, 0) is 37.6 Å². The van der Waals surface area contributed by atoms with E-state index in [0.29, 0.717) is 5.92 Å². The van der Waals surface area contributed by atoms with Gasteiger partial charge < -0.3 is 19.9 Å². The molecule has 2 aliphatic rings. The van der Waals surface area contributed by atoms with Crippen molar-refractivity contribution < 1.29 is 9.53 Å². The van der Waals surface area contributed by atoms with Gasteiger partial charge in [0.05, 0.1) is 6.61 Å². The number of ether oxygens (including phenoxy) is 1. The van der Waals surface area contributed by atoms with E-state index in [1.165, 1.54) is 6.42 Å². The molecule has 2 amide bonds. The second-order valence-electron chi connectivity index (χ2n) is 6.30. The molecule has 1 atom stereocenters. The van der Waals surface area contributed by atoms with Crippen molar-refractivity contribution in [3.8, 4) is 0 Å². The van der Waals surface area contributed by atoms with Crippen LogP contribution in [0.1, 0.15) is 26.2 Å². The predicted molar refractivity (Wildman–Crippen MR) is 79.8 cm³/mol. The minimum atomic E-state index is 0.132. The standard InChI is InChI=1S/C15H29N3O2/c1-13-3-7-18(8-4-13)15(19)16-11-14-5-6-17(12-14)9-10-20-2/h13-14H,3-12H2,1-2H3,(H,16,19)/t14-/m0/s1. The number of urea groups is 1. The van der Waals surface area contributed by atoms with Crippen LogP contribution in [-0.4, -0.2) is 68.8 Å². The van der Waals surface area contributed by atoms with E-state index in [1.807, 2.05) is 4.90 Å². The monoisotopic (exact) mass is 283 g/mol. The molecule has 0 saturated carbocycles. The van der Waals surface area contributed by atoms with Crippen LogP contribution in [-0.2, 0) is 4.74 Å². The van der Waals surface area contributed by atoms with Gasteiger partial charge in [-0.15, -0.1) is 0 Å². The summed E-state index contributed by atoms with van der Waals surface area (Å²) in [6.45, 7) is 8.92. The maximum absolute atomic E-state index is 12.1. The first kappa shape index (κ1) is 15.6. The largest absolute Gasteiger partial charge is 0.383 e. The van der Waals surface area contributed by atoms with Gasteiger partial charge in [0.1, 0.15) is 0 Å². The number of amides is 2. The Hall–Kier alpha value is -0.810. The van der Waals surface area contributed by atoms with Gasteiger partial charge in [-0.1, -0.05) is 6.92 Å². The molecule has 0 bridgehead atoms. The van der Waals surface area contributed by atoms with E-state index >= 15 is 0 Å². The number of carbonyl (C=O) groups is 1. The lowest BCUT2D eigenvalue weighted by molar-refractivity contribution is 0.158. The molecule has 0 aliphatic carbocycles. The van der Waals surface area contributed by atoms with Crippen molar-refractivity contribution in [1.29, 1.82) is 0 Å². The van der Waals surface area contributed by atoms with Gasteiger partial charge in [-0.25, -0.2) is 4.79 Å². The summed E-state index contributed by atoms with van der Waals surface area (Å²) in [4.78, 5) is 16.5. The molecular weight excluding hydrogens is 254 g/mol. The molecule has 1 N–H and O–H groups in total. The number of nitrogens with one attached hydrogen (secondary N) is 1. The summed E-state index contributed by atoms with van der Waals surface area (Å²) in [5.41, 5.74) is 0. The van der Waals surface area contributed by atoms with Crippen LogP contribution >= 0.6 is 0 Å². The molecule has 0 aromatic heterocycles. The fraction of sp³-hybridized carbons (Fsp3) is 0.933. The van der Waals surface area contributed by atoms with E-state index in [1.54, 1.807) is 7.11 Å². The van der Waals surface area contributed by atoms with Crippen LogP contribution < -0.4 is 5.32 Å². The first-order valence-electron chi connectivity index (χ1n) is 7.93. The van der Waals surface area contributed by atoms with Crippen LogP contribution in [0.15, 0.2) is 0 Å². The summed E-state index contributed by atoms with van der Waals surface area (Å²) >= 11 is 0. The SMILES string of the molecule is COCCN1CC[C@@H](CNC(=O)N2CCC(C)CC2)C1. The molecule has 0 unspecified atom stereocenters. The normalized spacial score (nSPS) is 25.1. The Morgan fingerprint density at radius 1 is 1.25 bits per heavy atom. The molecule has 5 heteroatoms. The topological polar surface area (TPSA) is 44.8 Å². The number of hydrogen-bond acceptors (Lipinski definition) is 3. The molecule has 2 heterocycles. The van der Waals surface area contributed by atoms with Crippen LogP contribution in [0, 0.1) is 11.8 Å². The van der Waals surface area contributed by atoms with E-state index < -0.39 is 0 Å². The fourth-order valence-corrected chi connectivity index (χ4v) is 3.06. The first-order valence-corrected chi connectivity index (χ1v) is 7.93. The third-order valence-corrected chi connectivity index (χ3v) is 4.59. The van der Waals surface area contributed by atoms with Crippen LogP contribution in [0.5, 0.6) is 0 Å². The van der Waals surface area contributed by atoms with Gasteiger partial charge in [0.2, 0.25) is 0 Å². The van der Waals surface area contributed by atoms with Crippen LogP contribution in [0.25, 0.3) is 0 Å². The predicted octanol–water partition coefficient (Wildman–Crippen LogP) is 1.40. The lowest BCUT2D eigenvalue weighted by atomic mass is 10.00. The highest BCUT2D eigenvalue weighted by atomic mass is 16.5. The van der Waals surface area contributed by atoms with Gasteiger partial charge in [0.15, 0.2) is 0 Å². The highest BCUT2D eigenvalue weighted by Gasteiger charge is 2.24. The lowest BCUT2D eigenvalue weighted by Gasteiger charge is -2.30. The highest BCUT2D eigenvalue weighted by molar-refractivity contribution is 5.74. The Balaban J connectivity index is 1.62. The molecule has 116 valence electrons. The van der Waals surface area contributed by atoms with E-state index in [9.17, 15) is 4.79 Å². The Kier molecular flexibility index (Phi) is 6.10. The first-order chi connectivity index (χ1) is 9.69. The summed E-state index contributed by atoms with van der Waals surface area (Å²) in [5, 5.41) is 3.11. The van der Waals surface area contributed by atoms with Gasteiger partial charge in [0.25, 0.3) is 0 Å². The number of likely N-dealkylation sites (tertiary alicyclic amines) is 2. The number of carbonyl (C=O) groups excluding carboxylic acids is 1. The van der Waals surface area contributed by atoms with Crippen molar-refractivity contribution in [2.75, 3.05) is 53.0 Å².